The zero-order valence-corrected chi connectivity index (χ0v) is 9.64. The van der Waals surface area contributed by atoms with Gasteiger partial charge in [-0.3, -0.25) is 0 Å². The summed E-state index contributed by atoms with van der Waals surface area (Å²) in [4.78, 5) is 0. The van der Waals surface area contributed by atoms with Crippen LogP contribution < -0.4 is 5.32 Å². The molecule has 1 saturated heterocycles. The monoisotopic (exact) mass is 221 g/mol. The van der Waals surface area contributed by atoms with Crippen molar-refractivity contribution in [1.82, 2.24) is 5.32 Å². The SMILES string of the molecule is CC(CS(C)(=O)=O)NCC1CCCO1. The minimum Gasteiger partial charge on any atom is -0.377 e. The lowest BCUT2D eigenvalue weighted by molar-refractivity contribution is 0.108. The maximum absolute atomic E-state index is 11.0. The van der Waals surface area contributed by atoms with Crippen molar-refractivity contribution in [2.45, 2.75) is 31.9 Å². The van der Waals surface area contributed by atoms with Gasteiger partial charge < -0.3 is 10.1 Å². The van der Waals surface area contributed by atoms with Gasteiger partial charge in [-0.05, 0) is 19.8 Å². The van der Waals surface area contributed by atoms with E-state index in [0.29, 0.717) is 0 Å². The first-order valence-corrected chi connectivity index (χ1v) is 7.06. The summed E-state index contributed by atoms with van der Waals surface area (Å²) >= 11 is 0. The quantitative estimate of drug-likeness (QED) is 0.720. The lowest BCUT2D eigenvalue weighted by Crippen LogP contribution is -2.37. The molecule has 0 spiro atoms. The van der Waals surface area contributed by atoms with E-state index in [-0.39, 0.29) is 17.9 Å². The molecule has 1 rings (SSSR count). The molecule has 0 aromatic heterocycles. The molecule has 4 nitrogen and oxygen atoms in total. The van der Waals surface area contributed by atoms with E-state index in [0.717, 1.165) is 26.0 Å². The summed E-state index contributed by atoms with van der Waals surface area (Å²) in [6, 6.07) is 0.00852. The summed E-state index contributed by atoms with van der Waals surface area (Å²) in [5.41, 5.74) is 0. The molecular formula is C9H19NO3S. The van der Waals surface area contributed by atoms with E-state index >= 15 is 0 Å². The number of hydrogen-bond donors (Lipinski definition) is 1. The van der Waals surface area contributed by atoms with E-state index in [9.17, 15) is 8.42 Å². The van der Waals surface area contributed by atoms with Crippen molar-refractivity contribution in [2.75, 3.05) is 25.2 Å². The van der Waals surface area contributed by atoms with Gasteiger partial charge in [0.05, 0.1) is 11.9 Å². The largest absolute Gasteiger partial charge is 0.377 e. The molecule has 1 fully saturated rings. The van der Waals surface area contributed by atoms with Crippen LogP contribution in [0.5, 0.6) is 0 Å². The molecule has 2 atom stereocenters. The molecule has 0 aliphatic carbocycles. The fourth-order valence-electron chi connectivity index (χ4n) is 1.65. The molecule has 14 heavy (non-hydrogen) atoms. The lowest BCUT2D eigenvalue weighted by atomic mass is 10.2. The highest BCUT2D eigenvalue weighted by atomic mass is 32.2. The van der Waals surface area contributed by atoms with E-state index in [1.807, 2.05) is 6.92 Å². The smallest absolute Gasteiger partial charge is 0.148 e. The second kappa shape index (κ2) is 5.09. The Kier molecular flexibility index (Phi) is 4.34. The van der Waals surface area contributed by atoms with Crippen molar-refractivity contribution in [1.29, 1.82) is 0 Å². The van der Waals surface area contributed by atoms with Crippen LogP contribution in [0.15, 0.2) is 0 Å². The van der Waals surface area contributed by atoms with Crippen LogP contribution in [0.1, 0.15) is 19.8 Å². The number of hydrogen-bond acceptors (Lipinski definition) is 4. The first kappa shape index (κ1) is 11.9. The predicted octanol–water partition coefficient (Wildman–Crippen LogP) is 0.188. The maximum atomic E-state index is 11.0. The second-order valence-electron chi connectivity index (χ2n) is 4.04. The molecule has 0 saturated carbocycles. The Hall–Kier alpha value is -0.130. The highest BCUT2D eigenvalue weighted by Crippen LogP contribution is 2.10. The first-order chi connectivity index (χ1) is 6.47. The van der Waals surface area contributed by atoms with E-state index in [4.69, 9.17) is 4.74 Å². The lowest BCUT2D eigenvalue weighted by Gasteiger charge is -2.15. The maximum Gasteiger partial charge on any atom is 0.148 e. The van der Waals surface area contributed by atoms with Crippen LogP contribution in [-0.2, 0) is 14.6 Å². The molecule has 0 aromatic rings. The Morgan fingerprint density at radius 3 is 2.79 bits per heavy atom. The van der Waals surface area contributed by atoms with Crippen LogP contribution in [0.2, 0.25) is 0 Å². The Bertz CT molecular complexity index is 257. The summed E-state index contributed by atoms with van der Waals surface area (Å²) in [6.07, 6.45) is 3.74. The van der Waals surface area contributed by atoms with Crippen LogP contribution in [0.4, 0.5) is 0 Å². The Labute approximate surface area is 85.9 Å². The number of rotatable bonds is 5. The third-order valence-corrected chi connectivity index (χ3v) is 3.38. The molecule has 1 N–H and O–H groups in total. The van der Waals surface area contributed by atoms with Crippen LogP contribution >= 0.6 is 0 Å². The molecule has 0 bridgehead atoms. The van der Waals surface area contributed by atoms with Crippen LogP contribution in [-0.4, -0.2) is 45.7 Å². The van der Waals surface area contributed by atoms with Gasteiger partial charge in [0.2, 0.25) is 0 Å². The molecule has 0 amide bonds. The molecule has 5 heteroatoms. The third-order valence-electron chi connectivity index (χ3n) is 2.27. The third kappa shape index (κ3) is 4.93. The first-order valence-electron chi connectivity index (χ1n) is 5.00. The van der Waals surface area contributed by atoms with E-state index < -0.39 is 9.84 Å². The molecule has 2 unspecified atom stereocenters. The van der Waals surface area contributed by atoms with E-state index in [2.05, 4.69) is 5.32 Å². The number of sulfone groups is 1. The topological polar surface area (TPSA) is 55.4 Å². The van der Waals surface area contributed by atoms with Crippen molar-refractivity contribution in [2.24, 2.45) is 0 Å². The fourth-order valence-corrected chi connectivity index (χ4v) is 2.68. The number of ether oxygens (including phenoxy) is 1. The summed E-state index contributed by atoms with van der Waals surface area (Å²) < 4.78 is 27.4. The average molecular weight is 221 g/mol. The van der Waals surface area contributed by atoms with Crippen molar-refractivity contribution in [3.05, 3.63) is 0 Å². The van der Waals surface area contributed by atoms with Crippen molar-refractivity contribution in [3.63, 3.8) is 0 Å². The molecule has 0 aromatic carbocycles. The van der Waals surface area contributed by atoms with Crippen LogP contribution in [0.3, 0.4) is 0 Å². The Morgan fingerprint density at radius 2 is 2.29 bits per heavy atom. The zero-order chi connectivity index (χ0) is 10.6. The van der Waals surface area contributed by atoms with Crippen molar-refractivity contribution < 1.29 is 13.2 Å². The van der Waals surface area contributed by atoms with Crippen LogP contribution in [0, 0.1) is 0 Å². The summed E-state index contributed by atoms with van der Waals surface area (Å²) in [7, 11) is -2.87. The van der Waals surface area contributed by atoms with E-state index in [1.165, 1.54) is 6.26 Å². The van der Waals surface area contributed by atoms with Crippen molar-refractivity contribution in [3.8, 4) is 0 Å². The molecule has 1 heterocycles. The standard InChI is InChI=1S/C9H19NO3S/c1-8(7-14(2,11)12)10-6-9-4-3-5-13-9/h8-10H,3-7H2,1-2H3. The summed E-state index contributed by atoms with van der Waals surface area (Å²) in [6.45, 7) is 3.49. The minimum atomic E-state index is -2.87. The Balaban J connectivity index is 2.17. The van der Waals surface area contributed by atoms with Gasteiger partial charge >= 0.3 is 0 Å². The fraction of sp³-hybridized carbons (Fsp3) is 1.00. The molecule has 84 valence electrons. The summed E-state index contributed by atoms with van der Waals surface area (Å²) in [5.74, 6) is 0.194. The zero-order valence-electron chi connectivity index (χ0n) is 8.82. The number of nitrogens with one attached hydrogen (secondary N) is 1. The molecular weight excluding hydrogens is 202 g/mol. The summed E-state index contributed by atoms with van der Waals surface area (Å²) in [5, 5.41) is 3.18. The molecule has 1 aliphatic heterocycles. The van der Waals surface area contributed by atoms with Gasteiger partial charge in [-0.2, -0.15) is 0 Å². The second-order valence-corrected chi connectivity index (χ2v) is 6.22. The van der Waals surface area contributed by atoms with Gasteiger partial charge in [0.25, 0.3) is 0 Å². The highest BCUT2D eigenvalue weighted by Gasteiger charge is 2.17. The average Bonchev–Trinajstić information content (AvgIpc) is 2.49. The molecule has 1 aliphatic rings. The predicted molar refractivity (Wildman–Crippen MR) is 56.1 cm³/mol. The van der Waals surface area contributed by atoms with Crippen molar-refractivity contribution >= 4 is 9.84 Å². The van der Waals surface area contributed by atoms with Gasteiger partial charge in [0, 0.05) is 25.4 Å². The van der Waals surface area contributed by atoms with Gasteiger partial charge in [-0.25, -0.2) is 8.42 Å². The van der Waals surface area contributed by atoms with E-state index in [1.54, 1.807) is 0 Å². The van der Waals surface area contributed by atoms with Gasteiger partial charge in [0.1, 0.15) is 9.84 Å². The minimum absolute atomic E-state index is 0.00852. The molecule has 0 radical (unpaired) electrons. The normalized spacial score (nSPS) is 25.1. The van der Waals surface area contributed by atoms with Gasteiger partial charge in [0.15, 0.2) is 0 Å². The van der Waals surface area contributed by atoms with Gasteiger partial charge in [-0.15, -0.1) is 0 Å². The Morgan fingerprint density at radius 1 is 1.57 bits per heavy atom. The van der Waals surface area contributed by atoms with Crippen LogP contribution in [0.25, 0.3) is 0 Å². The highest BCUT2D eigenvalue weighted by molar-refractivity contribution is 7.90. The van der Waals surface area contributed by atoms with Gasteiger partial charge in [-0.1, -0.05) is 0 Å².